The van der Waals surface area contributed by atoms with E-state index in [-0.39, 0.29) is 56.3 Å². The summed E-state index contributed by atoms with van der Waals surface area (Å²) in [5.41, 5.74) is 0.910. The minimum Gasteiger partial charge on any atom is -0.560 e. The monoisotopic (exact) mass is 238 g/mol. The van der Waals surface area contributed by atoms with E-state index in [1.807, 2.05) is 19.0 Å². The summed E-state index contributed by atoms with van der Waals surface area (Å²) in [4.78, 5) is 1.89. The molecule has 1 aromatic rings. The second-order valence-electron chi connectivity index (χ2n) is 2.89. The molecular weight excluding hydrogens is 227 g/mol. The molecule has 0 fully saturated rings. The quantitative estimate of drug-likeness (QED) is 0.589. The van der Waals surface area contributed by atoms with Gasteiger partial charge in [-0.05, 0) is 24.3 Å². The Kier molecular flexibility index (Phi) is 5.82. The first-order valence-corrected chi connectivity index (χ1v) is 5.16. The van der Waals surface area contributed by atoms with Crippen molar-refractivity contribution in [2.24, 2.45) is 0 Å². The van der Waals surface area contributed by atoms with Crippen molar-refractivity contribution in [3.05, 3.63) is 29.4 Å². The van der Waals surface area contributed by atoms with Gasteiger partial charge < -0.3 is 10.0 Å². The van der Waals surface area contributed by atoms with Crippen LogP contribution < -0.4 is 56.3 Å². The van der Waals surface area contributed by atoms with Crippen molar-refractivity contribution in [1.82, 2.24) is 0 Å². The minimum atomic E-state index is -3.81. The molecule has 1 rings (SSSR count). The first-order valence-electron chi connectivity index (χ1n) is 3.68. The van der Waals surface area contributed by atoms with Gasteiger partial charge in [-0.2, -0.15) is 0 Å². The molecule has 0 spiro atoms. The molecule has 0 amide bonds. The van der Waals surface area contributed by atoms with Gasteiger partial charge in [0.25, 0.3) is 0 Å². The summed E-state index contributed by atoms with van der Waals surface area (Å²) < 4.78 is 21.5. The number of benzene rings is 1. The number of anilines is 1. The van der Waals surface area contributed by atoms with Gasteiger partial charge in [-0.25, -0.2) is 8.42 Å². The van der Waals surface area contributed by atoms with Crippen molar-refractivity contribution in [2.75, 3.05) is 19.0 Å². The van der Waals surface area contributed by atoms with E-state index in [0.717, 1.165) is 5.69 Å². The van der Waals surface area contributed by atoms with Crippen molar-refractivity contribution in [3.8, 4) is 0 Å². The topological polar surface area (TPSA) is 61.2 Å². The van der Waals surface area contributed by atoms with Gasteiger partial charge in [0, 0.05) is 24.7 Å². The Balaban J connectivity index is 0.00000169. The molecular formula is C8H11KN2O2S. The molecule has 0 heterocycles. The number of rotatable bonds is 2. The molecule has 0 saturated carbocycles. The van der Waals surface area contributed by atoms with Gasteiger partial charge in [0.1, 0.15) is 0 Å². The van der Waals surface area contributed by atoms with Crippen LogP contribution in [-0.2, 0) is 10.0 Å². The van der Waals surface area contributed by atoms with Crippen molar-refractivity contribution in [1.29, 1.82) is 0 Å². The maximum atomic E-state index is 10.8. The number of nitrogens with zero attached hydrogens (tertiary/aromatic N) is 1. The van der Waals surface area contributed by atoms with Gasteiger partial charge in [-0.3, -0.25) is 0 Å². The second-order valence-corrected chi connectivity index (χ2v) is 4.37. The van der Waals surface area contributed by atoms with Gasteiger partial charge in [-0.1, -0.05) is 0 Å². The minimum absolute atomic E-state index is 0. The Hall–Kier alpha value is 0.566. The summed E-state index contributed by atoms with van der Waals surface area (Å²) in [6.45, 7) is 0. The largest absolute Gasteiger partial charge is 1.00 e. The fourth-order valence-electron chi connectivity index (χ4n) is 0.923. The summed E-state index contributed by atoms with van der Waals surface area (Å²) in [7, 11) is -0.0832. The van der Waals surface area contributed by atoms with Crippen LogP contribution in [0.15, 0.2) is 29.2 Å². The predicted molar refractivity (Wildman–Crippen MR) is 52.3 cm³/mol. The van der Waals surface area contributed by atoms with Crippen molar-refractivity contribution in [3.63, 3.8) is 0 Å². The van der Waals surface area contributed by atoms with Crippen LogP contribution in [0, 0.1) is 0 Å². The van der Waals surface area contributed by atoms with E-state index in [9.17, 15) is 8.42 Å². The molecule has 0 atom stereocenters. The number of hydrogen-bond donors (Lipinski definition) is 0. The Labute approximate surface area is 127 Å². The summed E-state index contributed by atoms with van der Waals surface area (Å²) in [5.74, 6) is 0. The molecule has 0 bridgehead atoms. The zero-order chi connectivity index (χ0) is 10.1. The average Bonchev–Trinajstić information content (AvgIpc) is 2.03. The second kappa shape index (κ2) is 5.60. The van der Waals surface area contributed by atoms with Gasteiger partial charge in [0.2, 0.25) is 0 Å². The number of hydrogen-bond acceptors (Lipinski definition) is 3. The summed E-state index contributed by atoms with van der Waals surface area (Å²) in [6.07, 6.45) is 0. The first kappa shape index (κ1) is 14.6. The molecule has 14 heavy (non-hydrogen) atoms. The van der Waals surface area contributed by atoms with Gasteiger partial charge in [0.15, 0.2) is 0 Å². The van der Waals surface area contributed by atoms with E-state index >= 15 is 0 Å². The SMILES string of the molecule is CN(C)c1ccc(S([NH-])(=O)=O)cc1.[K+]. The molecule has 1 aromatic carbocycles. The fraction of sp³-hybridized carbons (Fsp3) is 0.250. The van der Waals surface area contributed by atoms with Crippen molar-refractivity contribution < 1.29 is 59.8 Å². The molecule has 0 aromatic heterocycles. The third kappa shape index (κ3) is 3.97. The molecule has 6 heteroatoms. The molecule has 4 nitrogen and oxygen atoms in total. The van der Waals surface area contributed by atoms with Gasteiger partial charge in [-0.15, -0.1) is 0 Å². The summed E-state index contributed by atoms with van der Waals surface area (Å²) in [6, 6.07) is 6.19. The van der Waals surface area contributed by atoms with Crippen LogP contribution in [0.5, 0.6) is 0 Å². The maximum absolute atomic E-state index is 10.8. The van der Waals surface area contributed by atoms with E-state index in [1.54, 1.807) is 12.1 Å². The summed E-state index contributed by atoms with van der Waals surface area (Å²) >= 11 is 0. The Morgan fingerprint density at radius 1 is 1.14 bits per heavy atom. The Morgan fingerprint density at radius 3 is 1.86 bits per heavy atom. The number of nitrogens with one attached hydrogen (secondary N) is 1. The van der Waals surface area contributed by atoms with Crippen LogP contribution in [0.1, 0.15) is 0 Å². The van der Waals surface area contributed by atoms with Crippen molar-refractivity contribution >= 4 is 15.7 Å². The molecule has 0 aliphatic heterocycles. The molecule has 0 aliphatic rings. The normalized spacial score (nSPS) is 10.5. The third-order valence-electron chi connectivity index (χ3n) is 1.66. The zero-order valence-electron chi connectivity index (χ0n) is 8.48. The summed E-state index contributed by atoms with van der Waals surface area (Å²) in [5, 5.41) is 6.81. The molecule has 0 unspecified atom stereocenters. The van der Waals surface area contributed by atoms with E-state index in [0.29, 0.717) is 0 Å². The predicted octanol–water partition coefficient (Wildman–Crippen LogP) is -1.50. The van der Waals surface area contributed by atoms with E-state index < -0.39 is 10.0 Å². The van der Waals surface area contributed by atoms with Gasteiger partial charge in [0.05, 0.1) is 10.0 Å². The first-order chi connectivity index (χ1) is 5.91. The fourth-order valence-corrected chi connectivity index (χ4v) is 1.42. The van der Waals surface area contributed by atoms with Crippen LogP contribution in [0.25, 0.3) is 5.14 Å². The molecule has 0 radical (unpaired) electrons. The third-order valence-corrected chi connectivity index (χ3v) is 2.56. The Bertz CT molecular complexity index is 386. The smallest absolute Gasteiger partial charge is 0.560 e. The van der Waals surface area contributed by atoms with Crippen LogP contribution >= 0.6 is 0 Å². The zero-order valence-corrected chi connectivity index (χ0v) is 12.4. The van der Waals surface area contributed by atoms with Gasteiger partial charge >= 0.3 is 51.4 Å². The molecule has 1 N–H and O–H groups in total. The molecule has 72 valence electrons. The van der Waals surface area contributed by atoms with E-state index in [4.69, 9.17) is 5.14 Å². The van der Waals surface area contributed by atoms with Crippen LogP contribution in [0.2, 0.25) is 0 Å². The van der Waals surface area contributed by atoms with E-state index in [2.05, 4.69) is 0 Å². The molecule has 0 aliphatic carbocycles. The average molecular weight is 238 g/mol. The van der Waals surface area contributed by atoms with Crippen molar-refractivity contribution in [2.45, 2.75) is 4.90 Å². The number of sulfonamides is 1. The van der Waals surface area contributed by atoms with Crippen LogP contribution in [-0.4, -0.2) is 22.5 Å². The van der Waals surface area contributed by atoms with Crippen LogP contribution in [0.3, 0.4) is 0 Å². The molecule has 0 saturated heterocycles. The van der Waals surface area contributed by atoms with Crippen LogP contribution in [0.4, 0.5) is 5.69 Å². The van der Waals surface area contributed by atoms with E-state index in [1.165, 1.54) is 12.1 Å². The standard InChI is InChI=1S/C8H11N2O2S.K/c1-10(2)7-3-5-8(6-4-7)13(9,11)12;/h3-6H,1-2H3,(H-,9,11,12);/q-1;+1. The Morgan fingerprint density at radius 2 is 1.57 bits per heavy atom. The maximum Gasteiger partial charge on any atom is 1.00 e.